The highest BCUT2D eigenvalue weighted by Gasteiger charge is 2.52. The van der Waals surface area contributed by atoms with E-state index in [1.807, 2.05) is 50.2 Å². The molecule has 1 unspecified atom stereocenters. The van der Waals surface area contributed by atoms with Crippen molar-refractivity contribution < 1.29 is 23.8 Å². The Morgan fingerprint density at radius 2 is 1.31 bits per heavy atom. The molecule has 0 aliphatic rings. The molecule has 0 heterocycles. The van der Waals surface area contributed by atoms with Crippen molar-refractivity contribution in [1.29, 1.82) is 0 Å². The summed E-state index contributed by atoms with van der Waals surface area (Å²) in [6.07, 6.45) is 0.647. The first-order chi connectivity index (χ1) is 16.7. The van der Waals surface area contributed by atoms with Crippen LogP contribution in [-0.2, 0) is 18.7 Å². The molecule has 2 aromatic carbocycles. The summed E-state index contributed by atoms with van der Waals surface area (Å²) < 4.78 is 18.5. The standard InChI is InChI=1S/C30H46O5Si/c1-27(2,3)36(24-16-12-10-13-17-24,25-18-14-11-15-19-25)35-23-30(8,22-31)26(32)29(6,7)34-21-20-28(4,5)33-9/h10-19,31H,20-23H2,1-9H3. The number of hydrogen-bond acceptors (Lipinski definition) is 5. The number of Topliss-reactive ketones (excluding diaryl/α,β-unsaturated/α-hetero) is 1. The van der Waals surface area contributed by atoms with E-state index >= 15 is 0 Å². The zero-order valence-corrected chi connectivity index (χ0v) is 24.7. The molecule has 0 saturated carbocycles. The monoisotopic (exact) mass is 514 g/mol. The molecule has 0 saturated heterocycles. The highest BCUT2D eigenvalue weighted by Crippen LogP contribution is 2.38. The van der Waals surface area contributed by atoms with Crippen LogP contribution in [0.4, 0.5) is 0 Å². The van der Waals surface area contributed by atoms with Gasteiger partial charge in [-0.15, -0.1) is 0 Å². The molecule has 36 heavy (non-hydrogen) atoms. The third-order valence-corrected chi connectivity index (χ3v) is 12.2. The summed E-state index contributed by atoms with van der Waals surface area (Å²) in [4.78, 5) is 13.8. The molecular weight excluding hydrogens is 468 g/mol. The number of aliphatic hydroxyl groups excluding tert-OH is 1. The Balaban J connectivity index is 2.41. The average molecular weight is 515 g/mol. The van der Waals surface area contributed by atoms with Crippen molar-refractivity contribution in [2.45, 2.75) is 78.1 Å². The minimum absolute atomic E-state index is 0.0893. The van der Waals surface area contributed by atoms with E-state index in [1.165, 1.54) is 0 Å². The number of methoxy groups -OCH3 is 1. The fourth-order valence-electron chi connectivity index (χ4n) is 4.66. The van der Waals surface area contributed by atoms with Gasteiger partial charge in [-0.1, -0.05) is 81.4 Å². The van der Waals surface area contributed by atoms with Crippen LogP contribution >= 0.6 is 0 Å². The lowest BCUT2D eigenvalue weighted by atomic mass is 9.79. The van der Waals surface area contributed by atoms with Crippen molar-refractivity contribution in [3.8, 4) is 0 Å². The normalized spacial score (nSPS) is 14.9. The molecule has 1 atom stereocenters. The lowest BCUT2D eigenvalue weighted by molar-refractivity contribution is -0.156. The van der Waals surface area contributed by atoms with Gasteiger partial charge in [-0.05, 0) is 56.5 Å². The molecule has 0 aromatic heterocycles. The first kappa shape index (κ1) is 30.4. The van der Waals surface area contributed by atoms with Gasteiger partial charge in [0.25, 0.3) is 8.32 Å². The van der Waals surface area contributed by atoms with Gasteiger partial charge in [0.05, 0.1) is 24.2 Å². The highest BCUT2D eigenvalue weighted by molar-refractivity contribution is 6.99. The Labute approximate surface area is 219 Å². The smallest absolute Gasteiger partial charge is 0.261 e. The summed E-state index contributed by atoms with van der Waals surface area (Å²) in [6.45, 7) is 16.0. The third-order valence-electron chi connectivity index (χ3n) is 7.19. The molecule has 0 aliphatic heterocycles. The predicted octanol–water partition coefficient (Wildman–Crippen LogP) is 4.74. The molecule has 0 fully saturated rings. The van der Waals surface area contributed by atoms with Gasteiger partial charge in [0.1, 0.15) is 5.60 Å². The number of benzene rings is 2. The Bertz CT molecular complexity index is 926. The minimum Gasteiger partial charge on any atom is -0.406 e. The van der Waals surface area contributed by atoms with Gasteiger partial charge >= 0.3 is 0 Å². The van der Waals surface area contributed by atoms with E-state index in [4.69, 9.17) is 13.9 Å². The summed E-state index contributed by atoms with van der Waals surface area (Å²) in [5.41, 5.74) is -2.56. The lowest BCUT2D eigenvalue weighted by Crippen LogP contribution is -2.67. The van der Waals surface area contributed by atoms with E-state index in [1.54, 1.807) is 27.9 Å². The molecule has 0 amide bonds. The fourth-order valence-corrected chi connectivity index (χ4v) is 9.35. The maximum absolute atomic E-state index is 13.8. The first-order valence-corrected chi connectivity index (χ1v) is 14.7. The largest absolute Gasteiger partial charge is 0.406 e. The van der Waals surface area contributed by atoms with Crippen LogP contribution in [0.2, 0.25) is 5.04 Å². The first-order valence-electron chi connectivity index (χ1n) is 12.8. The zero-order chi connectivity index (χ0) is 27.3. The second-order valence-electron chi connectivity index (χ2n) is 12.1. The maximum atomic E-state index is 13.8. The van der Waals surface area contributed by atoms with Crippen LogP contribution in [-0.4, -0.2) is 57.3 Å². The van der Waals surface area contributed by atoms with Gasteiger partial charge in [-0.2, -0.15) is 0 Å². The summed E-state index contributed by atoms with van der Waals surface area (Å²) >= 11 is 0. The van der Waals surface area contributed by atoms with Crippen LogP contribution in [0.25, 0.3) is 0 Å². The third kappa shape index (κ3) is 6.72. The van der Waals surface area contributed by atoms with E-state index in [0.29, 0.717) is 13.0 Å². The van der Waals surface area contributed by atoms with E-state index < -0.39 is 19.3 Å². The molecule has 2 aromatic rings. The van der Waals surface area contributed by atoms with Crippen LogP contribution < -0.4 is 10.4 Å². The molecule has 0 radical (unpaired) electrons. The summed E-state index contributed by atoms with van der Waals surface area (Å²) in [6, 6.07) is 20.6. The summed E-state index contributed by atoms with van der Waals surface area (Å²) in [7, 11) is -1.19. The van der Waals surface area contributed by atoms with Gasteiger partial charge < -0.3 is 19.0 Å². The number of carbonyl (C=O) groups excluding carboxylic acids is 1. The van der Waals surface area contributed by atoms with Crippen molar-refractivity contribution in [3.05, 3.63) is 60.7 Å². The Morgan fingerprint density at radius 1 is 0.833 bits per heavy atom. The summed E-state index contributed by atoms with van der Waals surface area (Å²) in [5, 5.41) is 12.5. The van der Waals surface area contributed by atoms with Crippen LogP contribution in [0.15, 0.2) is 60.7 Å². The molecule has 2 rings (SSSR count). The number of ketones is 1. The Kier molecular flexibility index (Phi) is 9.87. The quantitative estimate of drug-likeness (QED) is 0.391. The molecule has 0 spiro atoms. The van der Waals surface area contributed by atoms with Gasteiger partial charge in [-0.25, -0.2) is 0 Å². The zero-order valence-electron chi connectivity index (χ0n) is 23.7. The van der Waals surface area contributed by atoms with Gasteiger partial charge in [-0.3, -0.25) is 4.79 Å². The van der Waals surface area contributed by atoms with Crippen molar-refractivity contribution in [2.24, 2.45) is 5.41 Å². The molecule has 6 heteroatoms. The van der Waals surface area contributed by atoms with Crippen molar-refractivity contribution in [2.75, 3.05) is 26.9 Å². The number of ether oxygens (including phenoxy) is 2. The van der Waals surface area contributed by atoms with E-state index in [0.717, 1.165) is 10.4 Å². The Hall–Kier alpha value is -1.83. The molecule has 200 valence electrons. The number of hydrogen-bond donors (Lipinski definition) is 1. The van der Waals surface area contributed by atoms with Crippen molar-refractivity contribution in [3.63, 3.8) is 0 Å². The molecule has 1 N–H and O–H groups in total. The highest BCUT2D eigenvalue weighted by atomic mass is 28.4. The molecule has 0 bridgehead atoms. The van der Waals surface area contributed by atoms with E-state index in [9.17, 15) is 9.90 Å². The van der Waals surface area contributed by atoms with Crippen LogP contribution in [0.5, 0.6) is 0 Å². The number of rotatable bonds is 13. The summed E-state index contributed by atoms with van der Waals surface area (Å²) in [5.74, 6) is -0.175. The number of carbonyl (C=O) groups is 1. The van der Waals surface area contributed by atoms with Crippen LogP contribution in [0, 0.1) is 5.41 Å². The second kappa shape index (κ2) is 11.7. The number of aliphatic hydroxyl groups is 1. The minimum atomic E-state index is -2.86. The van der Waals surface area contributed by atoms with Gasteiger partial charge in [0, 0.05) is 13.7 Å². The fraction of sp³-hybridized carbons (Fsp3) is 0.567. The molecule has 0 aliphatic carbocycles. The van der Waals surface area contributed by atoms with Crippen molar-refractivity contribution >= 4 is 24.5 Å². The Morgan fingerprint density at radius 3 is 1.69 bits per heavy atom. The predicted molar refractivity (Wildman–Crippen MR) is 150 cm³/mol. The van der Waals surface area contributed by atoms with Crippen LogP contribution in [0.1, 0.15) is 61.8 Å². The topological polar surface area (TPSA) is 65.0 Å². The van der Waals surface area contributed by atoms with Crippen LogP contribution in [0.3, 0.4) is 0 Å². The molecular formula is C30H46O5Si. The van der Waals surface area contributed by atoms with Gasteiger partial charge in [0.2, 0.25) is 0 Å². The average Bonchev–Trinajstić information content (AvgIpc) is 2.84. The van der Waals surface area contributed by atoms with Gasteiger partial charge in [0.15, 0.2) is 5.78 Å². The maximum Gasteiger partial charge on any atom is 0.261 e. The van der Waals surface area contributed by atoms with E-state index in [-0.39, 0.29) is 29.6 Å². The lowest BCUT2D eigenvalue weighted by Gasteiger charge is -2.45. The van der Waals surface area contributed by atoms with E-state index in [2.05, 4.69) is 45.0 Å². The van der Waals surface area contributed by atoms with Crippen molar-refractivity contribution in [1.82, 2.24) is 0 Å². The molecule has 5 nitrogen and oxygen atoms in total. The second-order valence-corrected chi connectivity index (χ2v) is 16.4. The SMILES string of the molecule is COC(C)(C)CCOC(C)(C)C(=O)C(C)(CO)CO[Si](c1ccccc1)(c1ccccc1)C(C)(C)C.